The third-order valence-electron chi connectivity index (χ3n) is 3.92. The summed E-state index contributed by atoms with van der Waals surface area (Å²) in [4.78, 5) is 4.47. The van der Waals surface area contributed by atoms with E-state index in [1.54, 1.807) is 31.5 Å². The van der Waals surface area contributed by atoms with Crippen LogP contribution in [0.2, 0.25) is 5.02 Å². The Morgan fingerprint density at radius 3 is 2.83 bits per heavy atom. The second-order valence-electron chi connectivity index (χ2n) is 5.61. The van der Waals surface area contributed by atoms with Gasteiger partial charge in [0.1, 0.15) is 5.75 Å². The number of aromatic nitrogens is 3. The Hall–Kier alpha value is -2.08. The van der Waals surface area contributed by atoms with Crippen LogP contribution >= 0.6 is 11.6 Å². The summed E-state index contributed by atoms with van der Waals surface area (Å²) in [6.45, 7) is 0. The Morgan fingerprint density at radius 1 is 1.22 bits per heavy atom. The van der Waals surface area contributed by atoms with Gasteiger partial charge in [-0.2, -0.15) is 10.1 Å². The third kappa shape index (κ3) is 4.22. The zero-order valence-corrected chi connectivity index (χ0v) is 13.8. The van der Waals surface area contributed by atoms with E-state index in [1.165, 1.54) is 32.1 Å². The molecule has 1 aliphatic rings. The first-order valence-electron chi connectivity index (χ1n) is 7.81. The number of halogens is 1. The molecule has 0 amide bonds. The molecular formula is C16H20ClN5O. The van der Waals surface area contributed by atoms with Crippen LogP contribution in [0, 0.1) is 0 Å². The summed E-state index contributed by atoms with van der Waals surface area (Å²) in [6, 6.07) is 5.80. The Bertz CT molecular complexity index is 661. The maximum absolute atomic E-state index is 6.04. The minimum absolute atomic E-state index is 0.409. The molecule has 7 heteroatoms. The first-order chi connectivity index (χ1) is 11.2. The minimum Gasteiger partial charge on any atom is -0.495 e. The van der Waals surface area contributed by atoms with E-state index in [4.69, 9.17) is 16.3 Å². The van der Waals surface area contributed by atoms with E-state index in [0.29, 0.717) is 28.4 Å². The quantitative estimate of drug-likeness (QED) is 0.861. The average molecular weight is 334 g/mol. The van der Waals surface area contributed by atoms with Crippen LogP contribution in [0.5, 0.6) is 5.75 Å². The predicted molar refractivity (Wildman–Crippen MR) is 91.6 cm³/mol. The summed E-state index contributed by atoms with van der Waals surface area (Å²) in [6.07, 6.45) is 7.85. The summed E-state index contributed by atoms with van der Waals surface area (Å²) in [5.41, 5.74) is 0.705. The summed E-state index contributed by atoms with van der Waals surface area (Å²) in [5.74, 6) is 1.81. The fraction of sp³-hybridized carbons (Fsp3) is 0.438. The van der Waals surface area contributed by atoms with Crippen LogP contribution in [-0.4, -0.2) is 28.3 Å². The highest BCUT2D eigenvalue weighted by Crippen LogP contribution is 2.29. The van der Waals surface area contributed by atoms with Gasteiger partial charge in [0.25, 0.3) is 0 Å². The van der Waals surface area contributed by atoms with Crippen LogP contribution in [0.3, 0.4) is 0 Å². The van der Waals surface area contributed by atoms with Crippen molar-refractivity contribution in [3.05, 3.63) is 29.4 Å². The van der Waals surface area contributed by atoms with Gasteiger partial charge in [0.15, 0.2) is 5.82 Å². The van der Waals surface area contributed by atoms with Gasteiger partial charge >= 0.3 is 0 Å². The number of nitrogens with one attached hydrogen (secondary N) is 2. The van der Waals surface area contributed by atoms with Gasteiger partial charge in [0, 0.05) is 11.1 Å². The molecule has 1 aliphatic carbocycles. The van der Waals surface area contributed by atoms with Crippen molar-refractivity contribution in [1.29, 1.82) is 0 Å². The first kappa shape index (κ1) is 15.8. The number of hydrogen-bond acceptors (Lipinski definition) is 6. The monoisotopic (exact) mass is 333 g/mol. The van der Waals surface area contributed by atoms with Crippen LogP contribution in [0.25, 0.3) is 0 Å². The van der Waals surface area contributed by atoms with Gasteiger partial charge in [-0.25, -0.2) is 0 Å². The molecule has 0 unspecified atom stereocenters. The van der Waals surface area contributed by atoms with Crippen molar-refractivity contribution in [3.63, 3.8) is 0 Å². The van der Waals surface area contributed by atoms with Crippen LogP contribution in [0.15, 0.2) is 24.4 Å². The van der Waals surface area contributed by atoms with Crippen molar-refractivity contribution in [2.45, 2.75) is 38.1 Å². The maximum Gasteiger partial charge on any atom is 0.249 e. The molecule has 0 saturated heterocycles. The van der Waals surface area contributed by atoms with Gasteiger partial charge in [-0.3, -0.25) is 0 Å². The number of rotatable bonds is 5. The van der Waals surface area contributed by atoms with Crippen molar-refractivity contribution in [2.24, 2.45) is 0 Å². The number of benzene rings is 1. The molecule has 0 atom stereocenters. The second kappa shape index (κ2) is 7.46. The van der Waals surface area contributed by atoms with E-state index in [1.807, 2.05) is 0 Å². The summed E-state index contributed by atoms with van der Waals surface area (Å²) >= 11 is 6.04. The standard InChI is InChI=1S/C16H20ClN5O/c1-23-14-8-7-11(17)9-13(14)20-16-21-15(10-18-22-16)19-12-5-3-2-4-6-12/h7-10,12H,2-6H2,1H3,(H2,19,20,21,22). The smallest absolute Gasteiger partial charge is 0.249 e. The fourth-order valence-corrected chi connectivity index (χ4v) is 2.95. The Kier molecular flexibility index (Phi) is 5.12. The van der Waals surface area contributed by atoms with Crippen molar-refractivity contribution in [2.75, 3.05) is 17.7 Å². The number of ether oxygens (including phenoxy) is 1. The second-order valence-corrected chi connectivity index (χ2v) is 6.05. The van der Waals surface area contributed by atoms with E-state index in [0.717, 1.165) is 5.82 Å². The molecule has 2 N–H and O–H groups in total. The molecule has 1 fully saturated rings. The highest BCUT2D eigenvalue weighted by molar-refractivity contribution is 6.30. The van der Waals surface area contributed by atoms with Crippen LogP contribution in [-0.2, 0) is 0 Å². The van der Waals surface area contributed by atoms with Crippen molar-refractivity contribution < 1.29 is 4.74 Å². The molecule has 3 rings (SSSR count). The lowest BCUT2D eigenvalue weighted by Gasteiger charge is -2.23. The van der Waals surface area contributed by atoms with Crippen molar-refractivity contribution >= 4 is 29.1 Å². The van der Waals surface area contributed by atoms with E-state index in [9.17, 15) is 0 Å². The molecule has 1 aromatic carbocycles. The Labute approximate surface area is 140 Å². The first-order valence-corrected chi connectivity index (χ1v) is 8.19. The Morgan fingerprint density at radius 2 is 2.04 bits per heavy atom. The average Bonchev–Trinajstić information content (AvgIpc) is 2.56. The third-order valence-corrected chi connectivity index (χ3v) is 4.16. The van der Waals surface area contributed by atoms with Gasteiger partial charge in [0.05, 0.1) is 19.0 Å². The fourth-order valence-electron chi connectivity index (χ4n) is 2.78. The number of hydrogen-bond donors (Lipinski definition) is 2. The number of methoxy groups -OCH3 is 1. The minimum atomic E-state index is 0.409. The van der Waals surface area contributed by atoms with Crippen LogP contribution in [0.1, 0.15) is 32.1 Å². The zero-order chi connectivity index (χ0) is 16.1. The highest BCUT2D eigenvalue weighted by Gasteiger charge is 2.14. The molecular weight excluding hydrogens is 314 g/mol. The zero-order valence-electron chi connectivity index (χ0n) is 13.1. The van der Waals surface area contributed by atoms with Gasteiger partial charge in [0.2, 0.25) is 5.95 Å². The lowest BCUT2D eigenvalue weighted by atomic mass is 9.96. The SMILES string of the molecule is COc1ccc(Cl)cc1Nc1nncc(NC2CCCCC2)n1. The molecule has 0 spiro atoms. The Balaban J connectivity index is 1.73. The molecule has 1 heterocycles. The highest BCUT2D eigenvalue weighted by atomic mass is 35.5. The van der Waals surface area contributed by atoms with Gasteiger partial charge in [-0.15, -0.1) is 5.10 Å². The molecule has 122 valence electrons. The molecule has 1 saturated carbocycles. The predicted octanol–water partition coefficient (Wildman–Crippen LogP) is 4.02. The van der Waals surface area contributed by atoms with E-state index >= 15 is 0 Å². The molecule has 23 heavy (non-hydrogen) atoms. The summed E-state index contributed by atoms with van der Waals surface area (Å²) in [7, 11) is 1.61. The molecule has 2 aromatic rings. The van der Waals surface area contributed by atoms with E-state index in [-0.39, 0.29) is 0 Å². The van der Waals surface area contributed by atoms with E-state index in [2.05, 4.69) is 25.8 Å². The largest absolute Gasteiger partial charge is 0.495 e. The summed E-state index contributed by atoms with van der Waals surface area (Å²) in [5, 5.41) is 15.2. The topological polar surface area (TPSA) is 72.0 Å². The van der Waals surface area contributed by atoms with Gasteiger partial charge in [-0.1, -0.05) is 30.9 Å². The lowest BCUT2D eigenvalue weighted by Crippen LogP contribution is -2.23. The van der Waals surface area contributed by atoms with Crippen molar-refractivity contribution in [1.82, 2.24) is 15.2 Å². The van der Waals surface area contributed by atoms with E-state index < -0.39 is 0 Å². The molecule has 0 radical (unpaired) electrons. The van der Waals surface area contributed by atoms with Crippen LogP contribution < -0.4 is 15.4 Å². The molecule has 1 aromatic heterocycles. The normalized spacial score (nSPS) is 15.2. The van der Waals surface area contributed by atoms with Gasteiger partial charge in [-0.05, 0) is 31.0 Å². The molecule has 0 bridgehead atoms. The number of anilines is 3. The molecule has 0 aliphatic heterocycles. The lowest BCUT2D eigenvalue weighted by molar-refractivity contribution is 0.417. The van der Waals surface area contributed by atoms with Crippen molar-refractivity contribution in [3.8, 4) is 5.75 Å². The maximum atomic E-state index is 6.04. The number of nitrogens with zero attached hydrogens (tertiary/aromatic N) is 3. The van der Waals surface area contributed by atoms with Crippen LogP contribution in [0.4, 0.5) is 17.5 Å². The molecule has 6 nitrogen and oxygen atoms in total. The van der Waals surface area contributed by atoms with Gasteiger partial charge < -0.3 is 15.4 Å². The summed E-state index contributed by atoms with van der Waals surface area (Å²) < 4.78 is 5.31.